The average molecular weight is 442 g/mol. The quantitative estimate of drug-likeness (QED) is 0.677. The van der Waals surface area contributed by atoms with Crippen molar-refractivity contribution in [2.45, 2.75) is 18.6 Å². The number of carbonyl (C=O) groups excluding carboxylic acids is 2. The first-order chi connectivity index (χ1) is 15.5. The molecule has 9 heteroatoms. The number of morpholine rings is 1. The molecule has 8 nitrogen and oxygen atoms in total. The summed E-state index contributed by atoms with van der Waals surface area (Å²) in [7, 11) is 0. The van der Waals surface area contributed by atoms with Gasteiger partial charge in [-0.1, -0.05) is 30.3 Å². The summed E-state index contributed by atoms with van der Waals surface area (Å²) in [5.74, 6) is -0.718. The Hall–Kier alpha value is -3.17. The third kappa shape index (κ3) is 5.17. The topological polar surface area (TPSA) is 97.1 Å². The molecule has 2 aromatic carbocycles. The Bertz CT molecular complexity index is 952. The fraction of sp³-hybridized carbons (Fsp3) is 0.391. The van der Waals surface area contributed by atoms with Crippen molar-refractivity contribution < 1.29 is 23.5 Å². The molecule has 2 fully saturated rings. The van der Waals surface area contributed by atoms with Crippen molar-refractivity contribution in [3.63, 3.8) is 0 Å². The smallest absolute Gasteiger partial charge is 0.414 e. The molecule has 0 spiro atoms. The number of halogens is 1. The van der Waals surface area contributed by atoms with Gasteiger partial charge >= 0.3 is 6.09 Å². The normalized spacial score (nSPS) is 19.6. The summed E-state index contributed by atoms with van der Waals surface area (Å²) in [6, 6.07) is 13.5. The number of carbonyl (C=O) groups is 2. The van der Waals surface area contributed by atoms with Crippen LogP contribution in [0.15, 0.2) is 48.5 Å². The average Bonchev–Trinajstić information content (AvgIpc) is 3.19. The zero-order chi connectivity index (χ0) is 22.5. The number of hydrogen-bond donors (Lipinski definition) is 2. The van der Waals surface area contributed by atoms with Crippen LogP contribution in [0.25, 0.3) is 0 Å². The predicted octanol–water partition coefficient (Wildman–Crippen LogP) is 1.67. The van der Waals surface area contributed by atoms with Gasteiger partial charge in [0.15, 0.2) is 0 Å². The van der Waals surface area contributed by atoms with Gasteiger partial charge in [-0.15, -0.1) is 0 Å². The van der Waals surface area contributed by atoms with Crippen molar-refractivity contribution in [1.82, 2.24) is 5.32 Å². The van der Waals surface area contributed by atoms with Crippen molar-refractivity contribution >= 4 is 23.4 Å². The van der Waals surface area contributed by atoms with Crippen LogP contribution in [-0.2, 0) is 20.7 Å². The fourth-order valence-electron chi connectivity index (χ4n) is 3.87. The molecule has 2 aliphatic heterocycles. The molecule has 0 aliphatic carbocycles. The number of amides is 2. The molecule has 0 aromatic heterocycles. The lowest BCUT2D eigenvalue weighted by atomic mass is 10.1. The minimum Gasteiger partial charge on any atom is -0.442 e. The lowest BCUT2D eigenvalue weighted by Gasteiger charge is -2.29. The number of ether oxygens (including phenoxy) is 2. The minimum absolute atomic E-state index is 0.137. The Kier molecular flexibility index (Phi) is 6.87. The molecule has 32 heavy (non-hydrogen) atoms. The highest BCUT2D eigenvalue weighted by Gasteiger charge is 2.33. The summed E-state index contributed by atoms with van der Waals surface area (Å²) >= 11 is 0. The van der Waals surface area contributed by atoms with Gasteiger partial charge in [0.05, 0.1) is 43.7 Å². The molecule has 2 saturated heterocycles. The van der Waals surface area contributed by atoms with Crippen molar-refractivity contribution in [3.05, 3.63) is 59.9 Å². The summed E-state index contributed by atoms with van der Waals surface area (Å²) in [5.41, 5.74) is 7.86. The van der Waals surface area contributed by atoms with E-state index in [0.29, 0.717) is 44.1 Å². The second-order valence-electron chi connectivity index (χ2n) is 7.89. The highest BCUT2D eigenvalue weighted by molar-refractivity contribution is 5.90. The largest absolute Gasteiger partial charge is 0.442 e. The van der Waals surface area contributed by atoms with Crippen molar-refractivity contribution in [1.29, 1.82) is 0 Å². The van der Waals surface area contributed by atoms with Crippen LogP contribution in [0.1, 0.15) is 5.56 Å². The second kappa shape index (κ2) is 9.97. The molecule has 3 N–H and O–H groups in total. The molecule has 2 aliphatic rings. The molecule has 2 aromatic rings. The van der Waals surface area contributed by atoms with Crippen LogP contribution in [0.2, 0.25) is 0 Å². The molecule has 4 rings (SSSR count). The van der Waals surface area contributed by atoms with Gasteiger partial charge in [0, 0.05) is 13.1 Å². The molecule has 0 bridgehead atoms. The first kappa shape index (κ1) is 22.0. The maximum atomic E-state index is 14.7. The van der Waals surface area contributed by atoms with Crippen molar-refractivity contribution in [2.24, 2.45) is 5.73 Å². The molecule has 2 unspecified atom stereocenters. The number of nitrogens with one attached hydrogen (secondary N) is 1. The maximum Gasteiger partial charge on any atom is 0.414 e. The number of hydrogen-bond acceptors (Lipinski definition) is 6. The van der Waals surface area contributed by atoms with E-state index < -0.39 is 24.1 Å². The predicted molar refractivity (Wildman–Crippen MR) is 118 cm³/mol. The third-order valence-electron chi connectivity index (χ3n) is 5.61. The fourth-order valence-corrected chi connectivity index (χ4v) is 3.87. The van der Waals surface area contributed by atoms with E-state index in [-0.39, 0.29) is 19.0 Å². The van der Waals surface area contributed by atoms with Gasteiger partial charge in [-0.25, -0.2) is 9.18 Å². The van der Waals surface area contributed by atoms with Gasteiger partial charge in [-0.05, 0) is 30.2 Å². The van der Waals surface area contributed by atoms with Crippen molar-refractivity contribution in [3.8, 4) is 0 Å². The van der Waals surface area contributed by atoms with E-state index >= 15 is 0 Å². The van der Waals surface area contributed by atoms with Gasteiger partial charge in [-0.2, -0.15) is 0 Å². The molecule has 2 atom stereocenters. The van der Waals surface area contributed by atoms with Crippen LogP contribution in [0.4, 0.5) is 20.6 Å². The van der Waals surface area contributed by atoms with Crippen molar-refractivity contribution in [2.75, 3.05) is 49.2 Å². The molecular weight excluding hydrogens is 415 g/mol. The lowest BCUT2D eigenvalue weighted by molar-refractivity contribution is -0.122. The minimum atomic E-state index is -0.701. The van der Waals surface area contributed by atoms with E-state index in [1.54, 1.807) is 12.1 Å². The van der Waals surface area contributed by atoms with Gasteiger partial charge in [0.2, 0.25) is 5.91 Å². The molecule has 2 heterocycles. The number of rotatable bonds is 7. The number of anilines is 2. The van der Waals surface area contributed by atoms with E-state index in [1.165, 1.54) is 11.0 Å². The highest BCUT2D eigenvalue weighted by Crippen LogP contribution is 2.28. The van der Waals surface area contributed by atoms with E-state index in [0.717, 1.165) is 5.56 Å². The van der Waals surface area contributed by atoms with Crippen LogP contribution >= 0.6 is 0 Å². The summed E-state index contributed by atoms with van der Waals surface area (Å²) in [5, 5.41) is 2.74. The highest BCUT2D eigenvalue weighted by atomic mass is 19.1. The summed E-state index contributed by atoms with van der Waals surface area (Å²) < 4.78 is 25.4. The van der Waals surface area contributed by atoms with E-state index in [2.05, 4.69) is 5.32 Å². The Morgan fingerprint density at radius 1 is 1.19 bits per heavy atom. The van der Waals surface area contributed by atoms with Gasteiger partial charge in [-0.3, -0.25) is 9.69 Å². The Morgan fingerprint density at radius 3 is 2.66 bits per heavy atom. The monoisotopic (exact) mass is 442 g/mol. The van der Waals surface area contributed by atoms with E-state index in [9.17, 15) is 14.0 Å². The number of nitrogens with two attached hydrogens (primary N) is 1. The SMILES string of the molecule is NC(Cc1ccccc1)C(=O)NCC1CN(c2ccc(N3CCOCC3)c(F)c2)C(=O)O1. The Balaban J connectivity index is 1.31. The maximum absolute atomic E-state index is 14.7. The molecule has 0 saturated carbocycles. The summed E-state index contributed by atoms with van der Waals surface area (Å²) in [6.45, 7) is 2.71. The van der Waals surface area contributed by atoms with Crippen LogP contribution in [0.3, 0.4) is 0 Å². The molecule has 2 amide bonds. The summed E-state index contributed by atoms with van der Waals surface area (Å²) in [4.78, 5) is 27.9. The van der Waals surface area contributed by atoms with Gasteiger partial charge < -0.3 is 25.4 Å². The van der Waals surface area contributed by atoms with Crippen LogP contribution in [0, 0.1) is 5.82 Å². The second-order valence-corrected chi connectivity index (χ2v) is 7.89. The van der Waals surface area contributed by atoms with Crippen LogP contribution in [0.5, 0.6) is 0 Å². The third-order valence-corrected chi connectivity index (χ3v) is 5.61. The van der Waals surface area contributed by atoms with Gasteiger partial charge in [0.25, 0.3) is 0 Å². The van der Waals surface area contributed by atoms with E-state index in [1.807, 2.05) is 35.2 Å². The molecular formula is C23H27FN4O4. The number of nitrogens with zero attached hydrogens (tertiary/aromatic N) is 2. The Morgan fingerprint density at radius 2 is 1.94 bits per heavy atom. The standard InChI is InChI=1S/C23H27FN4O4/c24-19-13-17(6-7-21(19)27-8-10-31-11-9-27)28-15-18(32-23(28)30)14-26-22(29)20(25)12-16-4-2-1-3-5-16/h1-7,13,18,20H,8-12,14-15,25H2,(H,26,29). The zero-order valence-electron chi connectivity index (χ0n) is 17.7. The van der Waals surface area contributed by atoms with Crippen LogP contribution < -0.4 is 20.9 Å². The molecule has 170 valence electrons. The van der Waals surface area contributed by atoms with E-state index in [4.69, 9.17) is 15.2 Å². The zero-order valence-corrected chi connectivity index (χ0v) is 17.7. The van der Waals surface area contributed by atoms with Gasteiger partial charge in [0.1, 0.15) is 11.9 Å². The first-order valence-corrected chi connectivity index (χ1v) is 10.7. The lowest BCUT2D eigenvalue weighted by Crippen LogP contribution is -2.45. The van der Waals surface area contributed by atoms with Crippen LogP contribution in [-0.4, -0.2) is 63.5 Å². The number of benzene rings is 2. The number of cyclic esters (lactones) is 1. The molecule has 0 radical (unpaired) electrons. The summed E-state index contributed by atoms with van der Waals surface area (Å²) in [6.07, 6.45) is -0.702. The first-order valence-electron chi connectivity index (χ1n) is 10.7. The Labute approximate surface area is 186 Å².